The molecule has 1 heterocycles. The molecule has 0 aliphatic rings. The van der Waals surface area contributed by atoms with Crippen LogP contribution in [0.4, 0.5) is 0 Å². The summed E-state index contributed by atoms with van der Waals surface area (Å²) in [7, 11) is 0. The van der Waals surface area contributed by atoms with Crippen molar-refractivity contribution in [1.82, 2.24) is 4.98 Å². The van der Waals surface area contributed by atoms with Crippen LogP contribution in [0.5, 0.6) is 0 Å². The number of rotatable bonds is 3. The molecule has 84 valence electrons. The fourth-order valence-electron chi connectivity index (χ4n) is 1.68. The van der Waals surface area contributed by atoms with Gasteiger partial charge >= 0.3 is 0 Å². The monoisotopic (exact) mass is 231 g/mol. The lowest BCUT2D eigenvalue weighted by Gasteiger charge is -1.99. The van der Waals surface area contributed by atoms with E-state index < -0.39 is 0 Å². The predicted molar refractivity (Wildman–Crippen MR) is 71.0 cm³/mol. The second-order valence-corrected chi connectivity index (χ2v) is 5.31. The topological polar surface area (TPSA) is 12.9 Å². The second-order valence-electron chi connectivity index (χ2n) is 4.20. The maximum atomic E-state index is 4.77. The third-order valence-corrected chi connectivity index (χ3v) is 4.08. The molecule has 0 unspecified atom stereocenters. The van der Waals surface area contributed by atoms with Crippen LogP contribution in [0.3, 0.4) is 0 Å². The third kappa shape index (κ3) is 2.17. The van der Waals surface area contributed by atoms with Crippen LogP contribution in [0.25, 0.3) is 11.3 Å². The molecule has 1 nitrogen and oxygen atoms in total. The van der Waals surface area contributed by atoms with Crippen LogP contribution in [0, 0.1) is 0 Å². The summed E-state index contributed by atoms with van der Waals surface area (Å²) in [5.74, 6) is 0.521. The summed E-state index contributed by atoms with van der Waals surface area (Å²) in [6, 6.07) is 10.5. The van der Waals surface area contributed by atoms with Crippen molar-refractivity contribution < 1.29 is 0 Å². The SMILES string of the molecule is CCc1sc(C(C)C)nc1-c1ccccc1. The van der Waals surface area contributed by atoms with Crippen LogP contribution in [-0.4, -0.2) is 4.98 Å². The maximum absolute atomic E-state index is 4.77. The maximum Gasteiger partial charge on any atom is 0.0960 e. The van der Waals surface area contributed by atoms with E-state index in [4.69, 9.17) is 4.98 Å². The van der Waals surface area contributed by atoms with Crippen LogP contribution >= 0.6 is 11.3 Å². The summed E-state index contributed by atoms with van der Waals surface area (Å²) in [4.78, 5) is 6.17. The van der Waals surface area contributed by atoms with Crippen molar-refractivity contribution >= 4 is 11.3 Å². The summed E-state index contributed by atoms with van der Waals surface area (Å²) in [5, 5.41) is 1.25. The smallest absolute Gasteiger partial charge is 0.0960 e. The van der Waals surface area contributed by atoms with Gasteiger partial charge in [0, 0.05) is 16.4 Å². The minimum Gasteiger partial charge on any atom is -0.241 e. The van der Waals surface area contributed by atoms with Crippen LogP contribution < -0.4 is 0 Å². The standard InChI is InChI=1S/C14H17NS/c1-4-12-13(11-8-6-5-7-9-11)15-14(16-12)10(2)3/h5-10H,4H2,1-3H3. The van der Waals surface area contributed by atoms with Crippen LogP contribution in [0.15, 0.2) is 30.3 Å². The molecule has 0 aliphatic carbocycles. The highest BCUT2D eigenvalue weighted by Gasteiger charge is 2.13. The van der Waals surface area contributed by atoms with Crippen molar-refractivity contribution in [1.29, 1.82) is 0 Å². The van der Waals surface area contributed by atoms with Crippen molar-refractivity contribution in [2.45, 2.75) is 33.1 Å². The molecule has 0 atom stereocenters. The van der Waals surface area contributed by atoms with Crippen LogP contribution in [0.2, 0.25) is 0 Å². The lowest BCUT2D eigenvalue weighted by molar-refractivity contribution is 0.853. The van der Waals surface area contributed by atoms with Gasteiger partial charge in [0.25, 0.3) is 0 Å². The van der Waals surface area contributed by atoms with E-state index in [0.29, 0.717) is 5.92 Å². The van der Waals surface area contributed by atoms with E-state index in [1.165, 1.54) is 21.1 Å². The van der Waals surface area contributed by atoms with E-state index in [0.717, 1.165) is 6.42 Å². The number of nitrogens with zero attached hydrogens (tertiary/aromatic N) is 1. The van der Waals surface area contributed by atoms with Gasteiger partial charge in [-0.3, -0.25) is 0 Å². The Labute approximate surface area is 101 Å². The van der Waals surface area contributed by atoms with E-state index >= 15 is 0 Å². The molecule has 0 radical (unpaired) electrons. The molecule has 1 aromatic heterocycles. The van der Waals surface area contributed by atoms with Gasteiger partial charge in [-0.2, -0.15) is 0 Å². The Kier molecular flexibility index (Phi) is 3.39. The Hall–Kier alpha value is -1.15. The zero-order valence-corrected chi connectivity index (χ0v) is 10.8. The summed E-state index contributed by atoms with van der Waals surface area (Å²) in [5.41, 5.74) is 2.42. The van der Waals surface area contributed by atoms with Crippen LogP contribution in [-0.2, 0) is 6.42 Å². The molecule has 16 heavy (non-hydrogen) atoms. The first kappa shape index (κ1) is 11.3. The summed E-state index contributed by atoms with van der Waals surface area (Å²) in [6.45, 7) is 6.60. The average Bonchev–Trinajstić information content (AvgIpc) is 2.74. The fraction of sp³-hybridized carbons (Fsp3) is 0.357. The van der Waals surface area contributed by atoms with Gasteiger partial charge in [-0.15, -0.1) is 11.3 Å². The van der Waals surface area contributed by atoms with Crippen molar-refractivity contribution in [3.63, 3.8) is 0 Å². The molecule has 0 saturated heterocycles. The minimum atomic E-state index is 0.521. The number of hydrogen-bond donors (Lipinski definition) is 0. The molecule has 2 heteroatoms. The third-order valence-electron chi connectivity index (χ3n) is 2.58. The molecular weight excluding hydrogens is 214 g/mol. The quantitative estimate of drug-likeness (QED) is 0.758. The Bertz CT molecular complexity index is 457. The minimum absolute atomic E-state index is 0.521. The summed E-state index contributed by atoms with van der Waals surface area (Å²) in [6.07, 6.45) is 1.06. The van der Waals surface area contributed by atoms with Gasteiger partial charge in [0.1, 0.15) is 0 Å². The number of hydrogen-bond acceptors (Lipinski definition) is 2. The lowest BCUT2D eigenvalue weighted by atomic mass is 10.1. The van der Waals surface area contributed by atoms with E-state index in [-0.39, 0.29) is 0 Å². The molecule has 1 aromatic carbocycles. The molecule has 0 spiro atoms. The zero-order chi connectivity index (χ0) is 11.5. The van der Waals surface area contributed by atoms with E-state index in [1.807, 2.05) is 17.4 Å². The van der Waals surface area contributed by atoms with Crippen molar-refractivity contribution in [2.75, 3.05) is 0 Å². The first-order valence-electron chi connectivity index (χ1n) is 5.77. The Morgan fingerprint density at radius 2 is 1.88 bits per heavy atom. The highest BCUT2D eigenvalue weighted by atomic mass is 32.1. The molecule has 0 bridgehead atoms. The largest absolute Gasteiger partial charge is 0.241 e. The first-order chi connectivity index (χ1) is 7.72. The first-order valence-corrected chi connectivity index (χ1v) is 6.59. The van der Waals surface area contributed by atoms with Crippen molar-refractivity contribution in [2.24, 2.45) is 0 Å². The van der Waals surface area contributed by atoms with Gasteiger partial charge in [0.05, 0.1) is 10.7 Å². The Morgan fingerprint density at radius 3 is 2.44 bits per heavy atom. The van der Waals surface area contributed by atoms with Gasteiger partial charge < -0.3 is 0 Å². The molecular formula is C14H17NS. The predicted octanol–water partition coefficient (Wildman–Crippen LogP) is 4.50. The van der Waals surface area contributed by atoms with Gasteiger partial charge in [-0.05, 0) is 6.42 Å². The van der Waals surface area contributed by atoms with Gasteiger partial charge in [0.2, 0.25) is 0 Å². The van der Waals surface area contributed by atoms with Crippen molar-refractivity contribution in [3.8, 4) is 11.3 Å². The molecule has 0 aliphatic heterocycles. The molecule has 0 fully saturated rings. The van der Waals surface area contributed by atoms with Crippen molar-refractivity contribution in [3.05, 3.63) is 40.2 Å². The molecule has 2 rings (SSSR count). The Balaban J connectivity index is 2.48. The number of aryl methyl sites for hydroxylation is 1. The highest BCUT2D eigenvalue weighted by molar-refractivity contribution is 7.12. The van der Waals surface area contributed by atoms with Crippen LogP contribution in [0.1, 0.15) is 36.6 Å². The summed E-state index contributed by atoms with van der Waals surface area (Å²) >= 11 is 1.85. The second kappa shape index (κ2) is 4.79. The molecule has 0 N–H and O–H groups in total. The molecule has 0 saturated carbocycles. The average molecular weight is 231 g/mol. The highest BCUT2D eigenvalue weighted by Crippen LogP contribution is 2.31. The summed E-state index contributed by atoms with van der Waals surface area (Å²) < 4.78 is 0. The van der Waals surface area contributed by atoms with E-state index in [1.54, 1.807) is 0 Å². The van der Waals surface area contributed by atoms with E-state index in [2.05, 4.69) is 45.0 Å². The Morgan fingerprint density at radius 1 is 1.19 bits per heavy atom. The molecule has 2 aromatic rings. The zero-order valence-electron chi connectivity index (χ0n) is 10.0. The normalized spacial score (nSPS) is 11.0. The van der Waals surface area contributed by atoms with E-state index in [9.17, 15) is 0 Å². The van der Waals surface area contributed by atoms with Gasteiger partial charge in [0.15, 0.2) is 0 Å². The number of aromatic nitrogens is 1. The van der Waals surface area contributed by atoms with Gasteiger partial charge in [-0.25, -0.2) is 4.98 Å². The lowest BCUT2D eigenvalue weighted by Crippen LogP contribution is -1.86. The molecule has 0 amide bonds. The fourth-order valence-corrected chi connectivity index (χ4v) is 2.71. The number of benzene rings is 1. The van der Waals surface area contributed by atoms with Gasteiger partial charge in [-0.1, -0.05) is 51.1 Å². The number of thiazole rings is 1.